The van der Waals surface area contributed by atoms with Crippen LogP contribution in [0.3, 0.4) is 0 Å². The van der Waals surface area contributed by atoms with E-state index in [0.717, 1.165) is 17.1 Å². The minimum Gasteiger partial charge on any atom is -0.497 e. The first-order valence-corrected chi connectivity index (χ1v) is 9.51. The number of piperidine rings is 1. The molecule has 6 heteroatoms. The molecule has 0 bridgehead atoms. The summed E-state index contributed by atoms with van der Waals surface area (Å²) < 4.78 is 16.4. The van der Waals surface area contributed by atoms with Crippen LogP contribution in [-0.2, 0) is 11.3 Å². The van der Waals surface area contributed by atoms with Gasteiger partial charge in [-0.1, -0.05) is 0 Å². The van der Waals surface area contributed by atoms with Crippen molar-refractivity contribution in [2.75, 3.05) is 27.4 Å². The minimum absolute atomic E-state index is 0.182. The van der Waals surface area contributed by atoms with Gasteiger partial charge in [0.1, 0.15) is 11.5 Å². The molecule has 0 radical (unpaired) electrons. The van der Waals surface area contributed by atoms with Gasteiger partial charge in [-0.2, -0.15) is 0 Å². The lowest BCUT2D eigenvalue weighted by Crippen LogP contribution is -2.63. The van der Waals surface area contributed by atoms with Crippen LogP contribution in [0.4, 0.5) is 0 Å². The first-order chi connectivity index (χ1) is 12.6. The number of hydrogen-bond acceptors (Lipinski definition) is 6. The summed E-state index contributed by atoms with van der Waals surface area (Å²) in [5.74, 6) is 1.47. The number of aliphatic hydroxyl groups excluding tert-OH is 2. The van der Waals surface area contributed by atoms with Gasteiger partial charge in [0.05, 0.1) is 39.6 Å². The lowest BCUT2D eigenvalue weighted by atomic mass is 9.78. The van der Waals surface area contributed by atoms with Crippen LogP contribution in [0.5, 0.6) is 11.5 Å². The molecule has 1 aromatic carbocycles. The number of β-amino-alcohol motifs (C(OH)–C–C–N with tert-alkyl or cyclic N) is 1. The van der Waals surface area contributed by atoms with Crippen LogP contribution in [0.2, 0.25) is 0 Å². The van der Waals surface area contributed by atoms with Gasteiger partial charge < -0.3 is 24.4 Å². The number of rotatable bonds is 8. The van der Waals surface area contributed by atoms with Crippen LogP contribution in [0, 0.1) is 0 Å². The van der Waals surface area contributed by atoms with Crippen LogP contribution >= 0.6 is 0 Å². The number of benzene rings is 1. The van der Waals surface area contributed by atoms with Crippen molar-refractivity contribution in [2.45, 2.75) is 70.4 Å². The van der Waals surface area contributed by atoms with E-state index in [-0.39, 0.29) is 23.8 Å². The van der Waals surface area contributed by atoms with E-state index >= 15 is 0 Å². The Morgan fingerprint density at radius 3 is 2.30 bits per heavy atom. The van der Waals surface area contributed by atoms with Crippen molar-refractivity contribution in [2.24, 2.45) is 0 Å². The average molecular weight is 382 g/mol. The Kier molecular flexibility index (Phi) is 7.14. The second kappa shape index (κ2) is 8.78. The first-order valence-electron chi connectivity index (χ1n) is 9.51. The fraction of sp³-hybridized carbons (Fsp3) is 0.714. The fourth-order valence-electron chi connectivity index (χ4n) is 4.32. The zero-order valence-electron chi connectivity index (χ0n) is 17.5. The van der Waals surface area contributed by atoms with E-state index in [2.05, 4.69) is 32.6 Å². The third-order valence-corrected chi connectivity index (χ3v) is 5.38. The largest absolute Gasteiger partial charge is 0.497 e. The second-order valence-corrected chi connectivity index (χ2v) is 8.64. The number of hydrogen-bond donors (Lipinski definition) is 2. The lowest BCUT2D eigenvalue weighted by Gasteiger charge is -2.55. The molecule has 0 aliphatic carbocycles. The van der Waals surface area contributed by atoms with Gasteiger partial charge in [0.25, 0.3) is 0 Å². The Hall–Kier alpha value is -1.34. The summed E-state index contributed by atoms with van der Waals surface area (Å²) >= 11 is 0. The quantitative estimate of drug-likeness (QED) is 0.721. The molecule has 0 amide bonds. The molecule has 1 saturated heterocycles. The van der Waals surface area contributed by atoms with Crippen LogP contribution < -0.4 is 9.47 Å². The van der Waals surface area contributed by atoms with E-state index < -0.39 is 6.10 Å². The molecule has 1 aliphatic heterocycles. The van der Waals surface area contributed by atoms with E-state index in [1.807, 2.05) is 18.2 Å². The van der Waals surface area contributed by atoms with Crippen LogP contribution in [0.15, 0.2) is 18.2 Å². The minimum atomic E-state index is -0.615. The number of aliphatic hydroxyl groups is 2. The maximum absolute atomic E-state index is 10.6. The van der Waals surface area contributed by atoms with Crippen LogP contribution in [-0.4, -0.2) is 65.8 Å². The summed E-state index contributed by atoms with van der Waals surface area (Å²) in [7, 11) is 3.24. The highest BCUT2D eigenvalue weighted by molar-refractivity contribution is 5.39. The van der Waals surface area contributed by atoms with E-state index in [4.69, 9.17) is 14.2 Å². The molecule has 0 saturated carbocycles. The van der Waals surface area contributed by atoms with Gasteiger partial charge in [0, 0.05) is 23.2 Å². The molecule has 1 aliphatic rings. The van der Waals surface area contributed by atoms with Gasteiger partial charge >= 0.3 is 0 Å². The monoisotopic (exact) mass is 381 g/mol. The Bertz CT molecular complexity index is 599. The standard InChI is InChI=1S/C21H35NO5/c1-20(2)10-16(23)11-21(3,4)22(20)12-17(24)14-27-13-15-9-18(25-5)7-8-19(15)26-6/h7-9,16-17,23-24H,10-14H2,1-6H3. The molecule has 6 nitrogen and oxygen atoms in total. The van der Waals surface area contributed by atoms with Crippen molar-refractivity contribution < 1.29 is 24.4 Å². The Morgan fingerprint density at radius 1 is 1.11 bits per heavy atom. The molecule has 2 rings (SSSR count). The molecule has 1 atom stereocenters. The summed E-state index contributed by atoms with van der Waals surface area (Å²) in [6, 6.07) is 5.56. The maximum Gasteiger partial charge on any atom is 0.124 e. The molecule has 154 valence electrons. The van der Waals surface area contributed by atoms with Crippen molar-refractivity contribution >= 4 is 0 Å². The second-order valence-electron chi connectivity index (χ2n) is 8.64. The van der Waals surface area contributed by atoms with E-state index in [1.54, 1.807) is 14.2 Å². The van der Waals surface area contributed by atoms with Gasteiger partial charge in [-0.15, -0.1) is 0 Å². The third-order valence-electron chi connectivity index (χ3n) is 5.38. The average Bonchev–Trinajstić information content (AvgIpc) is 2.57. The normalized spacial score (nSPS) is 21.0. The summed E-state index contributed by atoms with van der Waals surface area (Å²) in [6.45, 7) is 9.53. The van der Waals surface area contributed by atoms with E-state index in [0.29, 0.717) is 26.0 Å². The summed E-state index contributed by atoms with van der Waals surface area (Å²) in [5.41, 5.74) is 0.516. The highest BCUT2D eigenvalue weighted by Crippen LogP contribution is 2.38. The molecule has 1 heterocycles. The highest BCUT2D eigenvalue weighted by atomic mass is 16.5. The third kappa shape index (κ3) is 5.57. The number of likely N-dealkylation sites (tertiary alicyclic amines) is 1. The molecular formula is C21H35NO5. The summed E-state index contributed by atoms with van der Waals surface area (Å²) in [5, 5.41) is 20.7. The number of ether oxygens (including phenoxy) is 3. The van der Waals surface area contributed by atoms with Crippen molar-refractivity contribution in [3.63, 3.8) is 0 Å². The Labute approximate surface area is 163 Å². The molecule has 1 aromatic rings. The van der Waals surface area contributed by atoms with Crippen molar-refractivity contribution in [1.82, 2.24) is 4.90 Å². The van der Waals surface area contributed by atoms with Gasteiger partial charge in [0.15, 0.2) is 0 Å². The molecular weight excluding hydrogens is 346 g/mol. The number of nitrogens with zero attached hydrogens (tertiary/aromatic N) is 1. The zero-order valence-corrected chi connectivity index (χ0v) is 17.5. The molecule has 0 aromatic heterocycles. The van der Waals surface area contributed by atoms with Gasteiger partial charge in [0.2, 0.25) is 0 Å². The maximum atomic E-state index is 10.6. The predicted molar refractivity (Wildman–Crippen MR) is 105 cm³/mol. The predicted octanol–water partition coefficient (Wildman–Crippen LogP) is 2.60. The van der Waals surface area contributed by atoms with Crippen molar-refractivity contribution in [3.05, 3.63) is 23.8 Å². The summed E-state index contributed by atoms with van der Waals surface area (Å²) in [6.07, 6.45) is 0.478. The summed E-state index contributed by atoms with van der Waals surface area (Å²) in [4.78, 5) is 2.28. The fourth-order valence-corrected chi connectivity index (χ4v) is 4.32. The molecule has 2 N–H and O–H groups in total. The highest BCUT2D eigenvalue weighted by Gasteiger charge is 2.45. The molecule has 0 spiro atoms. The van der Waals surface area contributed by atoms with E-state index in [1.165, 1.54) is 0 Å². The smallest absolute Gasteiger partial charge is 0.124 e. The molecule has 1 fully saturated rings. The molecule has 1 unspecified atom stereocenters. The molecule has 27 heavy (non-hydrogen) atoms. The Morgan fingerprint density at radius 2 is 1.74 bits per heavy atom. The first kappa shape index (κ1) is 22.0. The van der Waals surface area contributed by atoms with Gasteiger partial charge in [-0.25, -0.2) is 0 Å². The van der Waals surface area contributed by atoms with Gasteiger partial charge in [-0.05, 0) is 58.7 Å². The topological polar surface area (TPSA) is 71.4 Å². The SMILES string of the molecule is COc1ccc(OC)c(COCC(O)CN2C(C)(C)CC(O)CC2(C)C)c1. The van der Waals surface area contributed by atoms with Crippen molar-refractivity contribution in [1.29, 1.82) is 0 Å². The van der Waals surface area contributed by atoms with Crippen LogP contribution in [0.25, 0.3) is 0 Å². The van der Waals surface area contributed by atoms with Crippen LogP contribution in [0.1, 0.15) is 46.1 Å². The van der Waals surface area contributed by atoms with E-state index in [9.17, 15) is 10.2 Å². The lowest BCUT2D eigenvalue weighted by molar-refractivity contribution is -0.105. The Balaban J connectivity index is 1.93. The van der Waals surface area contributed by atoms with Crippen molar-refractivity contribution in [3.8, 4) is 11.5 Å². The zero-order chi connectivity index (χ0) is 20.2. The van der Waals surface area contributed by atoms with Gasteiger partial charge in [-0.3, -0.25) is 4.90 Å². The number of methoxy groups -OCH3 is 2.